The van der Waals surface area contributed by atoms with Crippen molar-refractivity contribution >= 4 is 33.3 Å². The lowest BCUT2D eigenvalue weighted by molar-refractivity contribution is 0.170. The number of anilines is 1. The number of halogens is 2. The van der Waals surface area contributed by atoms with Gasteiger partial charge in [-0.15, -0.1) is 0 Å². The Balaban J connectivity index is 2.93. The maximum absolute atomic E-state index is 5.91. The van der Waals surface area contributed by atoms with E-state index in [-0.39, 0.29) is 6.04 Å². The molecule has 0 aliphatic heterocycles. The quantitative estimate of drug-likeness (QED) is 0.766. The first kappa shape index (κ1) is 15.7. The van der Waals surface area contributed by atoms with Gasteiger partial charge in [0.1, 0.15) is 5.82 Å². The van der Waals surface area contributed by atoms with Gasteiger partial charge in [0.2, 0.25) is 0 Å². The molecular formula is C12H18BrClN2O2. The van der Waals surface area contributed by atoms with Crippen LogP contribution < -0.4 is 4.90 Å². The summed E-state index contributed by atoms with van der Waals surface area (Å²) < 4.78 is 11.2. The van der Waals surface area contributed by atoms with E-state index in [0.717, 1.165) is 16.8 Å². The number of nitrogens with zero attached hydrogens (tertiary/aromatic N) is 2. The first-order valence-corrected chi connectivity index (χ1v) is 6.82. The van der Waals surface area contributed by atoms with E-state index in [4.69, 9.17) is 21.1 Å². The highest BCUT2D eigenvalue weighted by molar-refractivity contribution is 9.10. The predicted molar refractivity (Wildman–Crippen MR) is 77.5 cm³/mol. The number of hydrogen-bond donors (Lipinski definition) is 0. The summed E-state index contributed by atoms with van der Waals surface area (Å²) in [6, 6.07) is 2.04. The Morgan fingerprint density at radius 1 is 1.44 bits per heavy atom. The molecule has 0 saturated heterocycles. The van der Waals surface area contributed by atoms with Crippen LogP contribution in [0.2, 0.25) is 5.02 Å². The van der Waals surface area contributed by atoms with Crippen LogP contribution in [-0.4, -0.2) is 45.0 Å². The lowest BCUT2D eigenvalue weighted by atomic mass is 10.3. The van der Waals surface area contributed by atoms with E-state index in [1.807, 2.05) is 6.07 Å². The van der Waals surface area contributed by atoms with Gasteiger partial charge in [-0.05, 0) is 28.9 Å². The van der Waals surface area contributed by atoms with E-state index >= 15 is 0 Å². The Morgan fingerprint density at radius 2 is 2.17 bits per heavy atom. The molecule has 1 unspecified atom stereocenters. The second-order valence-corrected chi connectivity index (χ2v) is 5.24. The molecule has 18 heavy (non-hydrogen) atoms. The van der Waals surface area contributed by atoms with Crippen LogP contribution in [0.25, 0.3) is 0 Å². The Bertz CT molecular complexity index is 379. The van der Waals surface area contributed by atoms with Gasteiger partial charge < -0.3 is 14.4 Å². The SMILES string of the molecule is COCCN(c1ncc(Cl)cc1Br)C(C)COC. The third kappa shape index (κ3) is 4.39. The van der Waals surface area contributed by atoms with Gasteiger partial charge in [-0.1, -0.05) is 11.6 Å². The molecule has 0 bridgehead atoms. The van der Waals surface area contributed by atoms with Gasteiger partial charge in [0.25, 0.3) is 0 Å². The van der Waals surface area contributed by atoms with Crippen molar-refractivity contribution in [1.82, 2.24) is 4.98 Å². The van der Waals surface area contributed by atoms with Crippen molar-refractivity contribution in [3.63, 3.8) is 0 Å². The first-order valence-electron chi connectivity index (χ1n) is 5.65. The molecule has 4 nitrogen and oxygen atoms in total. The first-order chi connectivity index (χ1) is 8.60. The highest BCUT2D eigenvalue weighted by Gasteiger charge is 2.18. The number of hydrogen-bond acceptors (Lipinski definition) is 4. The Hall–Kier alpha value is -0.360. The fraction of sp³-hybridized carbons (Fsp3) is 0.583. The topological polar surface area (TPSA) is 34.6 Å². The van der Waals surface area contributed by atoms with Gasteiger partial charge in [0, 0.05) is 27.0 Å². The average Bonchev–Trinajstić information content (AvgIpc) is 2.32. The summed E-state index contributed by atoms with van der Waals surface area (Å²) in [5.74, 6) is 0.848. The largest absolute Gasteiger partial charge is 0.383 e. The number of rotatable bonds is 7. The lowest BCUT2D eigenvalue weighted by Crippen LogP contribution is -2.39. The summed E-state index contributed by atoms with van der Waals surface area (Å²) in [6.07, 6.45) is 1.64. The molecule has 0 fully saturated rings. The van der Waals surface area contributed by atoms with Crippen molar-refractivity contribution in [3.8, 4) is 0 Å². The van der Waals surface area contributed by atoms with E-state index in [2.05, 4.69) is 32.7 Å². The normalized spacial score (nSPS) is 12.5. The molecule has 1 aromatic rings. The molecule has 0 aliphatic carbocycles. The number of methoxy groups -OCH3 is 2. The molecular weight excluding hydrogens is 320 g/mol. The van der Waals surface area contributed by atoms with Gasteiger partial charge in [0.05, 0.1) is 28.8 Å². The van der Waals surface area contributed by atoms with Crippen molar-refractivity contribution in [3.05, 3.63) is 21.8 Å². The van der Waals surface area contributed by atoms with Crippen LogP contribution in [0.3, 0.4) is 0 Å². The van der Waals surface area contributed by atoms with Gasteiger partial charge in [-0.2, -0.15) is 0 Å². The molecule has 0 N–H and O–H groups in total. The van der Waals surface area contributed by atoms with Gasteiger partial charge >= 0.3 is 0 Å². The Kier molecular flexibility index (Phi) is 6.92. The van der Waals surface area contributed by atoms with Gasteiger partial charge in [-0.3, -0.25) is 0 Å². The zero-order chi connectivity index (χ0) is 13.5. The van der Waals surface area contributed by atoms with Crippen LogP contribution in [0.1, 0.15) is 6.92 Å². The van der Waals surface area contributed by atoms with Gasteiger partial charge in [0.15, 0.2) is 0 Å². The maximum Gasteiger partial charge on any atom is 0.143 e. The molecule has 0 saturated carbocycles. The molecule has 0 aliphatic rings. The minimum atomic E-state index is 0.204. The molecule has 102 valence electrons. The fourth-order valence-corrected chi connectivity index (χ4v) is 2.54. The van der Waals surface area contributed by atoms with E-state index in [1.54, 1.807) is 20.4 Å². The van der Waals surface area contributed by atoms with Crippen LogP contribution in [0.15, 0.2) is 16.7 Å². The molecule has 6 heteroatoms. The monoisotopic (exact) mass is 336 g/mol. The zero-order valence-electron chi connectivity index (χ0n) is 10.8. The van der Waals surface area contributed by atoms with Crippen LogP contribution in [-0.2, 0) is 9.47 Å². The molecule has 1 atom stereocenters. The minimum Gasteiger partial charge on any atom is -0.383 e. The van der Waals surface area contributed by atoms with Crippen LogP contribution in [0.5, 0.6) is 0 Å². The molecule has 0 amide bonds. The van der Waals surface area contributed by atoms with Crippen molar-refractivity contribution < 1.29 is 9.47 Å². The zero-order valence-corrected chi connectivity index (χ0v) is 13.2. The fourth-order valence-electron chi connectivity index (χ4n) is 1.67. The standard InChI is InChI=1S/C12H18BrClN2O2/c1-9(8-18-3)16(4-5-17-2)12-11(13)6-10(14)7-15-12/h6-7,9H,4-5,8H2,1-3H3. The van der Waals surface area contributed by atoms with Crippen molar-refractivity contribution in [2.75, 3.05) is 38.9 Å². The lowest BCUT2D eigenvalue weighted by Gasteiger charge is -2.30. The van der Waals surface area contributed by atoms with Gasteiger partial charge in [-0.25, -0.2) is 4.98 Å². The van der Waals surface area contributed by atoms with Crippen LogP contribution in [0, 0.1) is 0 Å². The highest BCUT2D eigenvalue weighted by atomic mass is 79.9. The van der Waals surface area contributed by atoms with E-state index in [1.165, 1.54) is 0 Å². The predicted octanol–water partition coefficient (Wildman–Crippen LogP) is 2.99. The number of pyridine rings is 1. The Morgan fingerprint density at radius 3 is 2.72 bits per heavy atom. The highest BCUT2D eigenvalue weighted by Crippen LogP contribution is 2.27. The van der Waals surface area contributed by atoms with Crippen LogP contribution in [0.4, 0.5) is 5.82 Å². The van der Waals surface area contributed by atoms with Crippen molar-refractivity contribution in [1.29, 1.82) is 0 Å². The second-order valence-electron chi connectivity index (χ2n) is 3.95. The van der Waals surface area contributed by atoms with E-state index in [9.17, 15) is 0 Å². The minimum absolute atomic E-state index is 0.204. The summed E-state index contributed by atoms with van der Waals surface area (Å²) in [6.45, 7) is 4.08. The average molecular weight is 338 g/mol. The third-order valence-electron chi connectivity index (χ3n) is 2.54. The molecule has 0 aromatic carbocycles. The van der Waals surface area contributed by atoms with Crippen LogP contribution >= 0.6 is 27.5 Å². The second kappa shape index (κ2) is 7.94. The number of ether oxygens (including phenoxy) is 2. The maximum atomic E-state index is 5.91. The molecule has 0 radical (unpaired) electrons. The molecule has 1 aromatic heterocycles. The van der Waals surface area contributed by atoms with Crippen molar-refractivity contribution in [2.45, 2.75) is 13.0 Å². The summed E-state index contributed by atoms with van der Waals surface area (Å²) in [7, 11) is 3.37. The Labute approximate surface area is 121 Å². The molecule has 0 spiro atoms. The number of aromatic nitrogens is 1. The third-order valence-corrected chi connectivity index (χ3v) is 3.33. The van der Waals surface area contributed by atoms with Crippen molar-refractivity contribution in [2.24, 2.45) is 0 Å². The summed E-state index contributed by atoms with van der Waals surface area (Å²) in [5, 5.41) is 0.608. The summed E-state index contributed by atoms with van der Waals surface area (Å²) >= 11 is 9.40. The molecule has 1 rings (SSSR count). The summed E-state index contributed by atoms with van der Waals surface area (Å²) in [4.78, 5) is 6.50. The van der Waals surface area contributed by atoms with E-state index < -0.39 is 0 Å². The summed E-state index contributed by atoms with van der Waals surface area (Å²) in [5.41, 5.74) is 0. The smallest absolute Gasteiger partial charge is 0.143 e. The molecule has 1 heterocycles. The van der Waals surface area contributed by atoms with E-state index in [0.29, 0.717) is 18.2 Å².